The van der Waals surface area contributed by atoms with Crippen LogP contribution in [0.5, 0.6) is 17.6 Å². The molecule has 4 fully saturated rings. The zero-order valence-electron chi connectivity index (χ0n) is 31.9. The van der Waals surface area contributed by atoms with Crippen LogP contribution in [0.15, 0.2) is 24.3 Å². The molecule has 2 aromatic heterocycles. The van der Waals surface area contributed by atoms with Crippen molar-refractivity contribution in [3.8, 4) is 41.2 Å². The number of halogens is 2. The molecule has 11 nitrogen and oxygen atoms in total. The van der Waals surface area contributed by atoms with E-state index in [-0.39, 0.29) is 93.9 Å². The first kappa shape index (κ1) is 37.6. The van der Waals surface area contributed by atoms with Gasteiger partial charge in [0.2, 0.25) is 5.88 Å². The molecule has 5 heterocycles. The lowest BCUT2D eigenvalue weighted by Crippen LogP contribution is -2.57. The van der Waals surface area contributed by atoms with Crippen LogP contribution in [0.1, 0.15) is 71.3 Å². The van der Waals surface area contributed by atoms with Crippen LogP contribution < -0.4 is 14.4 Å². The minimum Gasteiger partial charge on any atom is -0.508 e. The molecule has 4 aliphatic rings. The van der Waals surface area contributed by atoms with E-state index in [1.54, 1.807) is 6.92 Å². The standard InChI is InChI=1S/C42H49F2N5O6/c1-6-29-31(43)11-10-26-19-28(50)20-30(33(26)29)36-35(44)37-34(39(45-36)52-5)38(48-15-16-53-22-41(4,51)21-48)47-40(46-37)54-23-42-12-7-9-32(42)49(14-8-13-42)27-17-24(2)55-25(3)18-27/h1,10-11,19-20,24-25,27,32,50-51H,7-9,12-18,21-23H2,2-5H3/t24-,25+,27?,32-,41+,42-/m1/s1. The molecular weight excluding hydrogens is 708 g/mol. The summed E-state index contributed by atoms with van der Waals surface area (Å²) in [7, 11) is 1.40. The average Bonchev–Trinajstić information content (AvgIpc) is 3.50. The number of hydrogen-bond acceptors (Lipinski definition) is 11. The molecule has 292 valence electrons. The van der Waals surface area contributed by atoms with E-state index in [2.05, 4.69) is 29.7 Å². The maximum Gasteiger partial charge on any atom is 0.319 e. The first-order valence-electron chi connectivity index (χ1n) is 19.4. The second-order valence-corrected chi connectivity index (χ2v) is 16.2. The number of likely N-dealkylation sites (tertiary alicyclic amines) is 1. The van der Waals surface area contributed by atoms with Crippen molar-refractivity contribution in [2.24, 2.45) is 5.41 Å². The summed E-state index contributed by atoms with van der Waals surface area (Å²) < 4.78 is 56.7. The molecule has 2 N–H and O–H groups in total. The minimum absolute atomic E-state index is 0.00907. The number of pyridine rings is 1. The van der Waals surface area contributed by atoms with Crippen molar-refractivity contribution in [2.75, 3.05) is 51.5 Å². The summed E-state index contributed by atoms with van der Waals surface area (Å²) >= 11 is 0. The maximum absolute atomic E-state index is 17.4. The predicted octanol–water partition coefficient (Wildman–Crippen LogP) is 6.38. The van der Waals surface area contributed by atoms with E-state index in [0.717, 1.165) is 51.5 Å². The molecule has 3 aliphatic heterocycles. The van der Waals surface area contributed by atoms with Crippen molar-refractivity contribution in [1.29, 1.82) is 0 Å². The molecule has 0 amide bonds. The molecule has 1 saturated carbocycles. The zero-order chi connectivity index (χ0) is 38.6. The number of piperidine rings is 1. The summed E-state index contributed by atoms with van der Waals surface area (Å²) in [5.41, 5.74) is -1.78. The number of hydrogen-bond donors (Lipinski definition) is 2. The fraction of sp³-hybridized carbons (Fsp3) is 0.548. The summed E-state index contributed by atoms with van der Waals surface area (Å²) in [6.45, 7) is 8.23. The van der Waals surface area contributed by atoms with E-state index in [1.165, 1.54) is 31.4 Å². The molecule has 8 rings (SSSR count). The van der Waals surface area contributed by atoms with Gasteiger partial charge in [0.25, 0.3) is 0 Å². The number of terminal acetylenes is 1. The largest absolute Gasteiger partial charge is 0.508 e. The van der Waals surface area contributed by atoms with Crippen LogP contribution in [-0.2, 0) is 9.47 Å². The third kappa shape index (κ3) is 6.92. The number of β-amino-alcohol motifs (C(OH)–C–C–N with tert-alkyl or cyclic N) is 1. The van der Waals surface area contributed by atoms with Gasteiger partial charge in [0, 0.05) is 35.0 Å². The van der Waals surface area contributed by atoms with Crippen LogP contribution in [0, 0.1) is 29.4 Å². The van der Waals surface area contributed by atoms with Crippen LogP contribution in [-0.4, -0.2) is 107 Å². The highest BCUT2D eigenvalue weighted by Gasteiger charge is 2.51. The number of phenols is 1. The molecule has 1 unspecified atom stereocenters. The highest BCUT2D eigenvalue weighted by atomic mass is 19.1. The summed E-state index contributed by atoms with van der Waals surface area (Å²) in [4.78, 5) is 18.7. The highest BCUT2D eigenvalue weighted by molar-refractivity contribution is 6.04. The van der Waals surface area contributed by atoms with Crippen LogP contribution >= 0.6 is 0 Å². The van der Waals surface area contributed by atoms with Gasteiger partial charge in [0.15, 0.2) is 5.82 Å². The number of aromatic hydroxyl groups is 1. The summed E-state index contributed by atoms with van der Waals surface area (Å²) in [5, 5.41) is 22.7. The second-order valence-electron chi connectivity index (χ2n) is 16.2. The van der Waals surface area contributed by atoms with Gasteiger partial charge in [-0.15, -0.1) is 6.42 Å². The quantitative estimate of drug-likeness (QED) is 0.205. The Balaban J connectivity index is 1.25. The molecule has 0 bridgehead atoms. The van der Waals surface area contributed by atoms with Gasteiger partial charge in [0.05, 0.1) is 51.2 Å². The number of anilines is 1. The number of nitrogens with zero attached hydrogens (tertiary/aromatic N) is 5. The number of aliphatic hydroxyl groups is 1. The van der Waals surface area contributed by atoms with Gasteiger partial charge in [0.1, 0.15) is 39.6 Å². The first-order chi connectivity index (χ1) is 26.4. The summed E-state index contributed by atoms with van der Waals surface area (Å²) in [6.07, 6.45) is 13.4. The molecule has 13 heteroatoms. The molecule has 2 aromatic carbocycles. The fourth-order valence-electron chi connectivity index (χ4n) is 9.88. The lowest BCUT2D eigenvalue weighted by molar-refractivity contribution is -0.0967. The monoisotopic (exact) mass is 757 g/mol. The zero-order valence-corrected chi connectivity index (χ0v) is 31.9. The number of fused-ring (bicyclic) bond motifs is 3. The van der Waals surface area contributed by atoms with Crippen LogP contribution in [0.4, 0.5) is 14.6 Å². The number of benzene rings is 2. The number of phenolic OH excluding ortho intramolecular Hbond substituents is 1. The average molecular weight is 758 g/mol. The van der Waals surface area contributed by atoms with Gasteiger partial charge >= 0.3 is 6.01 Å². The Morgan fingerprint density at radius 1 is 1.05 bits per heavy atom. The van der Waals surface area contributed by atoms with E-state index in [0.29, 0.717) is 30.6 Å². The molecule has 3 saturated heterocycles. The van der Waals surface area contributed by atoms with E-state index in [1.807, 2.05) is 4.90 Å². The normalized spacial score (nSPS) is 28.9. The molecule has 4 aromatic rings. The second kappa shape index (κ2) is 14.6. The molecule has 55 heavy (non-hydrogen) atoms. The summed E-state index contributed by atoms with van der Waals surface area (Å²) in [5.74, 6) is 0.935. The van der Waals surface area contributed by atoms with Crippen LogP contribution in [0.25, 0.3) is 32.9 Å². The van der Waals surface area contributed by atoms with E-state index >= 15 is 8.78 Å². The van der Waals surface area contributed by atoms with Crippen molar-refractivity contribution in [2.45, 2.75) is 95.6 Å². The lowest BCUT2D eigenvalue weighted by atomic mass is 9.74. The molecular formula is C42H49F2N5O6. The van der Waals surface area contributed by atoms with Crippen molar-refractivity contribution in [3.05, 3.63) is 41.5 Å². The van der Waals surface area contributed by atoms with Gasteiger partial charge in [-0.2, -0.15) is 9.97 Å². The number of methoxy groups -OCH3 is 1. The van der Waals surface area contributed by atoms with Gasteiger partial charge in [-0.3, -0.25) is 4.90 Å². The minimum atomic E-state index is -1.25. The van der Waals surface area contributed by atoms with Crippen molar-refractivity contribution >= 4 is 27.5 Å². The Bertz CT molecular complexity index is 2150. The number of ether oxygens (including phenoxy) is 4. The Hall–Kier alpha value is -4.35. The first-order valence-corrected chi connectivity index (χ1v) is 19.4. The Morgan fingerprint density at radius 2 is 1.84 bits per heavy atom. The SMILES string of the molecule is C#Cc1c(F)ccc2cc(O)cc(-c3nc(OC)c4c(N5CCOC[C@@](C)(O)C5)nc(OC[C@]56CCC[C@H]5N(C5C[C@@H](C)O[C@@H](C)C5)CCC6)nc4c3F)c12. The lowest BCUT2D eigenvalue weighted by Gasteiger charge is -2.51. The topological polar surface area (TPSA) is 123 Å². The highest BCUT2D eigenvalue weighted by Crippen LogP contribution is 2.50. The molecule has 1 aliphatic carbocycles. The molecule has 6 atom stereocenters. The number of aromatic nitrogens is 3. The van der Waals surface area contributed by atoms with Crippen molar-refractivity contribution < 1.29 is 37.9 Å². The Labute approximate surface area is 320 Å². The van der Waals surface area contributed by atoms with Gasteiger partial charge in [-0.25, -0.2) is 13.8 Å². The van der Waals surface area contributed by atoms with Crippen LogP contribution in [0.3, 0.4) is 0 Å². The predicted molar refractivity (Wildman–Crippen MR) is 205 cm³/mol. The van der Waals surface area contributed by atoms with Crippen molar-refractivity contribution in [3.63, 3.8) is 0 Å². The van der Waals surface area contributed by atoms with Gasteiger partial charge < -0.3 is 34.1 Å². The third-order valence-corrected chi connectivity index (χ3v) is 12.1. The smallest absolute Gasteiger partial charge is 0.319 e. The number of rotatable bonds is 7. The third-order valence-electron chi connectivity index (χ3n) is 12.1. The van der Waals surface area contributed by atoms with Gasteiger partial charge in [-0.1, -0.05) is 18.4 Å². The van der Waals surface area contributed by atoms with Gasteiger partial charge in [-0.05, 0) is 89.4 Å². The molecule has 0 radical (unpaired) electrons. The van der Waals surface area contributed by atoms with E-state index in [9.17, 15) is 10.2 Å². The summed E-state index contributed by atoms with van der Waals surface area (Å²) in [6, 6.07) is 6.16. The van der Waals surface area contributed by atoms with E-state index in [4.69, 9.17) is 35.3 Å². The Kier molecular flexibility index (Phi) is 9.99. The fourth-order valence-corrected chi connectivity index (χ4v) is 9.88. The van der Waals surface area contributed by atoms with Crippen LogP contribution in [0.2, 0.25) is 0 Å². The van der Waals surface area contributed by atoms with Crippen molar-refractivity contribution in [1.82, 2.24) is 19.9 Å². The molecule has 0 spiro atoms. The van der Waals surface area contributed by atoms with E-state index < -0.39 is 17.2 Å². The maximum atomic E-state index is 17.4. The Morgan fingerprint density at radius 3 is 2.60 bits per heavy atom.